The van der Waals surface area contributed by atoms with Gasteiger partial charge in [0.2, 0.25) is 0 Å². The lowest BCUT2D eigenvalue weighted by atomic mass is 9.92. The molecule has 2 aromatic heterocycles. The Kier molecular flexibility index (Phi) is 4.42. The summed E-state index contributed by atoms with van der Waals surface area (Å²) < 4.78 is 0. The van der Waals surface area contributed by atoms with Gasteiger partial charge >= 0.3 is 0 Å². The number of rotatable bonds is 3. The molecule has 0 unspecified atom stereocenters. The zero-order chi connectivity index (χ0) is 19.0. The molecular weight excluding hydrogens is 354 g/mol. The van der Waals surface area contributed by atoms with Gasteiger partial charge in [-0.2, -0.15) is 0 Å². The number of halogens is 1. The van der Waals surface area contributed by atoms with E-state index < -0.39 is 0 Å². The van der Waals surface area contributed by atoms with Crippen LogP contribution in [-0.4, -0.2) is 9.97 Å². The van der Waals surface area contributed by atoms with Crippen LogP contribution >= 0.6 is 11.6 Å². The van der Waals surface area contributed by atoms with Crippen LogP contribution in [0.1, 0.15) is 19.4 Å². The van der Waals surface area contributed by atoms with E-state index in [0.29, 0.717) is 5.15 Å². The van der Waals surface area contributed by atoms with Gasteiger partial charge in [0.15, 0.2) is 0 Å². The smallest absolute Gasteiger partial charge is 0.129 e. The summed E-state index contributed by atoms with van der Waals surface area (Å²) in [5.74, 6) is 0. The van der Waals surface area contributed by atoms with Crippen molar-refractivity contribution in [3.8, 4) is 22.4 Å². The van der Waals surface area contributed by atoms with Crippen molar-refractivity contribution < 1.29 is 0 Å². The van der Waals surface area contributed by atoms with Gasteiger partial charge in [-0.1, -0.05) is 66.2 Å². The summed E-state index contributed by atoms with van der Waals surface area (Å²) >= 11 is 6.08. The first-order chi connectivity index (χ1) is 12.9. The molecule has 0 bridgehead atoms. The van der Waals surface area contributed by atoms with Crippen molar-refractivity contribution in [3.05, 3.63) is 83.5 Å². The molecule has 3 nitrogen and oxygen atoms in total. The fourth-order valence-electron chi connectivity index (χ4n) is 3.14. The predicted octanol–water partition coefficient (Wildman–Crippen LogP) is 5.81. The Morgan fingerprint density at radius 3 is 2.15 bits per heavy atom. The molecule has 0 saturated heterocycles. The normalized spacial score (nSPS) is 11.7. The van der Waals surface area contributed by atoms with Crippen LogP contribution in [0.5, 0.6) is 0 Å². The Labute approximate surface area is 163 Å². The first kappa shape index (κ1) is 17.7. The van der Waals surface area contributed by atoms with Crippen molar-refractivity contribution in [1.29, 1.82) is 0 Å². The number of aromatic nitrogens is 2. The largest absolute Gasteiger partial charge is 0.322 e. The molecule has 2 N–H and O–H groups in total. The average molecular weight is 374 g/mol. The Hall–Kier alpha value is -2.75. The summed E-state index contributed by atoms with van der Waals surface area (Å²) in [6.45, 7) is 4.00. The van der Waals surface area contributed by atoms with Crippen LogP contribution in [-0.2, 0) is 5.54 Å². The third kappa shape index (κ3) is 3.57. The molecule has 2 heterocycles. The summed E-state index contributed by atoms with van der Waals surface area (Å²) in [6, 6.07) is 24.2. The Morgan fingerprint density at radius 1 is 0.778 bits per heavy atom. The van der Waals surface area contributed by atoms with Crippen LogP contribution in [0.15, 0.2) is 72.8 Å². The van der Waals surface area contributed by atoms with E-state index in [4.69, 9.17) is 22.3 Å². The van der Waals surface area contributed by atoms with Crippen LogP contribution in [0, 0.1) is 0 Å². The molecule has 27 heavy (non-hydrogen) atoms. The zero-order valence-corrected chi connectivity index (χ0v) is 16.0. The summed E-state index contributed by atoms with van der Waals surface area (Å²) in [7, 11) is 0. The Morgan fingerprint density at radius 2 is 1.48 bits per heavy atom. The molecule has 0 aliphatic carbocycles. The minimum Gasteiger partial charge on any atom is -0.322 e. The second kappa shape index (κ2) is 6.76. The molecule has 4 aromatic rings. The number of hydrogen-bond donors (Lipinski definition) is 1. The maximum absolute atomic E-state index is 6.22. The third-order valence-corrected chi connectivity index (χ3v) is 4.83. The highest BCUT2D eigenvalue weighted by Crippen LogP contribution is 2.34. The quantitative estimate of drug-likeness (QED) is 0.461. The summed E-state index contributed by atoms with van der Waals surface area (Å²) in [4.78, 5) is 9.33. The predicted molar refractivity (Wildman–Crippen MR) is 113 cm³/mol. The van der Waals surface area contributed by atoms with Crippen LogP contribution in [0.2, 0.25) is 5.15 Å². The molecule has 4 heteroatoms. The van der Waals surface area contributed by atoms with Gasteiger partial charge in [0.25, 0.3) is 0 Å². The molecule has 0 spiro atoms. The van der Waals surface area contributed by atoms with Crippen molar-refractivity contribution in [2.75, 3.05) is 0 Å². The maximum atomic E-state index is 6.22. The topological polar surface area (TPSA) is 51.8 Å². The van der Waals surface area contributed by atoms with Gasteiger partial charge in [-0.3, -0.25) is 0 Å². The SMILES string of the molecule is CC(C)(N)c1ccc(-c2nc3ccc(Cl)nc3cc2-c2ccccc2)cc1. The highest BCUT2D eigenvalue weighted by Gasteiger charge is 2.16. The van der Waals surface area contributed by atoms with Crippen LogP contribution in [0.3, 0.4) is 0 Å². The van der Waals surface area contributed by atoms with Gasteiger partial charge < -0.3 is 5.73 Å². The van der Waals surface area contributed by atoms with E-state index in [0.717, 1.165) is 39.0 Å². The lowest BCUT2D eigenvalue weighted by Gasteiger charge is -2.19. The highest BCUT2D eigenvalue weighted by molar-refractivity contribution is 6.29. The third-order valence-electron chi connectivity index (χ3n) is 4.62. The molecule has 0 aliphatic heterocycles. The van der Waals surface area contributed by atoms with E-state index in [-0.39, 0.29) is 5.54 Å². The molecule has 0 saturated carbocycles. The fourth-order valence-corrected chi connectivity index (χ4v) is 3.30. The Balaban J connectivity index is 1.94. The number of hydrogen-bond acceptors (Lipinski definition) is 3. The highest BCUT2D eigenvalue weighted by atomic mass is 35.5. The van der Waals surface area contributed by atoms with E-state index in [1.54, 1.807) is 6.07 Å². The molecule has 0 fully saturated rings. The van der Waals surface area contributed by atoms with Crippen LogP contribution in [0.4, 0.5) is 0 Å². The standard InChI is InChI=1S/C23H20ClN3/c1-23(2,25)17-10-8-16(9-11-17)22-18(15-6-4-3-5-7-15)14-20-19(27-22)12-13-21(24)26-20/h3-14H,25H2,1-2H3. The lowest BCUT2D eigenvalue weighted by molar-refractivity contribution is 0.554. The van der Waals surface area contributed by atoms with E-state index in [1.165, 1.54) is 0 Å². The van der Waals surface area contributed by atoms with E-state index in [9.17, 15) is 0 Å². The average Bonchev–Trinajstić information content (AvgIpc) is 2.67. The fraction of sp³-hybridized carbons (Fsp3) is 0.130. The number of pyridine rings is 2. The molecule has 0 atom stereocenters. The number of nitrogens with zero attached hydrogens (tertiary/aromatic N) is 2. The minimum absolute atomic E-state index is 0.377. The summed E-state index contributed by atoms with van der Waals surface area (Å²) in [5.41, 5.74) is 12.6. The second-order valence-corrected chi connectivity index (χ2v) is 7.61. The monoisotopic (exact) mass is 373 g/mol. The van der Waals surface area contributed by atoms with E-state index >= 15 is 0 Å². The molecule has 0 aliphatic rings. The molecule has 0 radical (unpaired) electrons. The van der Waals surface area contributed by atoms with Gasteiger partial charge in [0.05, 0.1) is 16.7 Å². The van der Waals surface area contributed by atoms with Crippen molar-refractivity contribution in [3.63, 3.8) is 0 Å². The number of benzene rings is 2. The van der Waals surface area contributed by atoms with Gasteiger partial charge in [0, 0.05) is 16.7 Å². The number of fused-ring (bicyclic) bond motifs is 1. The van der Waals surface area contributed by atoms with Crippen molar-refractivity contribution >= 4 is 22.6 Å². The first-order valence-electron chi connectivity index (χ1n) is 8.84. The van der Waals surface area contributed by atoms with Crippen molar-refractivity contribution in [1.82, 2.24) is 9.97 Å². The maximum Gasteiger partial charge on any atom is 0.129 e. The van der Waals surface area contributed by atoms with Gasteiger partial charge in [0.1, 0.15) is 5.15 Å². The molecular formula is C23H20ClN3. The van der Waals surface area contributed by atoms with Crippen LogP contribution in [0.25, 0.3) is 33.4 Å². The summed E-state index contributed by atoms with van der Waals surface area (Å²) in [5, 5.41) is 0.464. The summed E-state index contributed by atoms with van der Waals surface area (Å²) in [6.07, 6.45) is 0. The van der Waals surface area contributed by atoms with E-state index in [2.05, 4.69) is 47.4 Å². The van der Waals surface area contributed by atoms with Gasteiger partial charge in [-0.25, -0.2) is 9.97 Å². The Bertz CT molecular complexity index is 1100. The van der Waals surface area contributed by atoms with Gasteiger partial charge in [-0.15, -0.1) is 0 Å². The molecule has 2 aromatic carbocycles. The second-order valence-electron chi connectivity index (χ2n) is 7.22. The molecule has 4 rings (SSSR count). The molecule has 0 amide bonds. The van der Waals surface area contributed by atoms with E-state index in [1.807, 2.05) is 38.1 Å². The van der Waals surface area contributed by atoms with Gasteiger partial charge in [-0.05, 0) is 43.2 Å². The van der Waals surface area contributed by atoms with Crippen molar-refractivity contribution in [2.24, 2.45) is 5.73 Å². The minimum atomic E-state index is -0.377. The van der Waals surface area contributed by atoms with Crippen molar-refractivity contribution in [2.45, 2.75) is 19.4 Å². The number of nitrogens with two attached hydrogens (primary N) is 1. The van der Waals surface area contributed by atoms with Crippen LogP contribution < -0.4 is 5.73 Å². The zero-order valence-electron chi connectivity index (χ0n) is 15.3. The first-order valence-corrected chi connectivity index (χ1v) is 9.22. The lowest BCUT2D eigenvalue weighted by Crippen LogP contribution is -2.28. The molecule has 134 valence electrons.